The van der Waals surface area contributed by atoms with Gasteiger partial charge in [0.25, 0.3) is 5.91 Å². The minimum atomic E-state index is -0.260. The van der Waals surface area contributed by atoms with Crippen LogP contribution in [0, 0.1) is 11.7 Å². The van der Waals surface area contributed by atoms with Crippen LogP contribution in [0.15, 0.2) is 42.5 Å². The topological polar surface area (TPSA) is 71.1 Å². The molecule has 0 saturated carbocycles. The third-order valence-corrected chi connectivity index (χ3v) is 6.61. The predicted octanol–water partition coefficient (Wildman–Crippen LogP) is 4.57. The van der Waals surface area contributed by atoms with Gasteiger partial charge in [-0.25, -0.2) is 4.39 Å². The average Bonchev–Trinajstić information content (AvgIpc) is 2.84. The summed E-state index contributed by atoms with van der Waals surface area (Å²) in [5.41, 5.74) is 1.83. The molecule has 2 aromatic rings. The second-order valence-corrected chi connectivity index (χ2v) is 9.67. The maximum absolute atomic E-state index is 13.8. The Morgan fingerprint density at radius 1 is 1.19 bits per heavy atom. The van der Waals surface area contributed by atoms with E-state index >= 15 is 0 Å². The number of hydrogen-bond acceptors (Lipinski definition) is 5. The highest BCUT2D eigenvalue weighted by atomic mass is 19.1. The van der Waals surface area contributed by atoms with Crippen molar-refractivity contribution >= 4 is 17.5 Å². The summed E-state index contributed by atoms with van der Waals surface area (Å²) in [5, 5.41) is 2.86. The lowest BCUT2D eigenvalue weighted by molar-refractivity contribution is -0.116. The SMILES string of the molecule is CCCC(=O)Nc1ccc2c(c1)C(=O)N(C)C[C@@H](OC)[C@H](C)CN(Cc1cccc(F)c1)[C@@H](C)CO2. The van der Waals surface area contributed by atoms with Crippen LogP contribution in [0.4, 0.5) is 10.1 Å². The fourth-order valence-electron chi connectivity index (χ4n) is 4.47. The molecule has 36 heavy (non-hydrogen) atoms. The van der Waals surface area contributed by atoms with Crippen molar-refractivity contribution in [2.24, 2.45) is 5.92 Å². The highest BCUT2D eigenvalue weighted by molar-refractivity contribution is 5.99. The van der Waals surface area contributed by atoms with Gasteiger partial charge in [0.15, 0.2) is 0 Å². The predicted molar refractivity (Wildman–Crippen MR) is 139 cm³/mol. The molecule has 1 N–H and O–H groups in total. The zero-order valence-electron chi connectivity index (χ0n) is 21.9. The summed E-state index contributed by atoms with van der Waals surface area (Å²) in [7, 11) is 3.40. The Kier molecular flexibility index (Phi) is 9.84. The van der Waals surface area contributed by atoms with Crippen LogP contribution in [0.25, 0.3) is 0 Å². The Balaban J connectivity index is 1.92. The van der Waals surface area contributed by atoms with E-state index in [0.717, 1.165) is 12.0 Å². The summed E-state index contributed by atoms with van der Waals surface area (Å²) in [4.78, 5) is 29.4. The maximum Gasteiger partial charge on any atom is 0.257 e. The molecule has 8 heteroatoms. The molecule has 0 bridgehead atoms. The largest absolute Gasteiger partial charge is 0.491 e. The minimum Gasteiger partial charge on any atom is -0.491 e. The number of nitrogens with one attached hydrogen (secondary N) is 1. The molecule has 0 saturated heterocycles. The van der Waals surface area contributed by atoms with E-state index in [4.69, 9.17) is 9.47 Å². The van der Waals surface area contributed by atoms with Gasteiger partial charge in [0.05, 0.1) is 11.7 Å². The zero-order chi connectivity index (χ0) is 26.2. The van der Waals surface area contributed by atoms with Crippen molar-refractivity contribution in [1.29, 1.82) is 0 Å². The molecule has 1 aliphatic rings. The second-order valence-electron chi connectivity index (χ2n) is 9.67. The number of rotatable bonds is 6. The van der Waals surface area contributed by atoms with Crippen molar-refractivity contribution in [3.63, 3.8) is 0 Å². The van der Waals surface area contributed by atoms with Crippen LogP contribution in [-0.2, 0) is 16.1 Å². The second kappa shape index (κ2) is 12.8. The summed E-state index contributed by atoms with van der Waals surface area (Å²) in [5.74, 6) is 0.00247. The van der Waals surface area contributed by atoms with E-state index in [9.17, 15) is 14.0 Å². The number of carbonyl (C=O) groups is 2. The molecular weight excluding hydrogens is 461 g/mol. The van der Waals surface area contributed by atoms with Crippen molar-refractivity contribution in [2.45, 2.75) is 52.3 Å². The van der Waals surface area contributed by atoms with E-state index < -0.39 is 0 Å². The summed E-state index contributed by atoms with van der Waals surface area (Å²) in [6.07, 6.45) is 0.952. The van der Waals surface area contributed by atoms with Crippen molar-refractivity contribution in [1.82, 2.24) is 9.80 Å². The van der Waals surface area contributed by atoms with Gasteiger partial charge in [-0.1, -0.05) is 26.0 Å². The first kappa shape index (κ1) is 27.6. The highest BCUT2D eigenvalue weighted by Gasteiger charge is 2.28. The monoisotopic (exact) mass is 499 g/mol. The van der Waals surface area contributed by atoms with Crippen LogP contribution >= 0.6 is 0 Å². The van der Waals surface area contributed by atoms with Crippen molar-refractivity contribution in [3.8, 4) is 5.75 Å². The first-order chi connectivity index (χ1) is 17.2. The number of nitrogens with zero attached hydrogens (tertiary/aromatic N) is 2. The molecular formula is C28H38FN3O4. The van der Waals surface area contributed by atoms with E-state index in [-0.39, 0.29) is 35.7 Å². The first-order valence-electron chi connectivity index (χ1n) is 12.5. The van der Waals surface area contributed by atoms with Gasteiger partial charge in [-0.15, -0.1) is 0 Å². The van der Waals surface area contributed by atoms with Crippen molar-refractivity contribution in [3.05, 3.63) is 59.4 Å². The lowest BCUT2D eigenvalue weighted by Crippen LogP contribution is -2.46. The molecule has 0 unspecified atom stereocenters. The summed E-state index contributed by atoms with van der Waals surface area (Å²) < 4.78 is 25.8. The van der Waals surface area contributed by atoms with Crippen LogP contribution in [0.3, 0.4) is 0 Å². The minimum absolute atomic E-state index is 0.0164. The van der Waals surface area contributed by atoms with E-state index in [2.05, 4.69) is 24.1 Å². The lowest BCUT2D eigenvalue weighted by atomic mass is 10.0. The van der Waals surface area contributed by atoms with Crippen LogP contribution in [-0.4, -0.2) is 67.6 Å². The Morgan fingerprint density at radius 2 is 1.97 bits per heavy atom. The van der Waals surface area contributed by atoms with Gasteiger partial charge in [-0.3, -0.25) is 14.5 Å². The number of methoxy groups -OCH3 is 1. The van der Waals surface area contributed by atoms with Gasteiger partial charge in [-0.05, 0) is 55.2 Å². The number of anilines is 1. The molecule has 3 rings (SSSR count). The van der Waals surface area contributed by atoms with Gasteiger partial charge in [0, 0.05) is 51.9 Å². The average molecular weight is 500 g/mol. The number of amides is 2. The van der Waals surface area contributed by atoms with Gasteiger partial charge in [0.1, 0.15) is 18.2 Å². The van der Waals surface area contributed by atoms with Crippen LogP contribution in [0.1, 0.15) is 49.5 Å². The van der Waals surface area contributed by atoms with Gasteiger partial charge < -0.3 is 19.7 Å². The lowest BCUT2D eigenvalue weighted by Gasteiger charge is -2.36. The third-order valence-electron chi connectivity index (χ3n) is 6.61. The normalized spacial score (nSPS) is 21.7. The molecule has 0 radical (unpaired) electrons. The number of benzene rings is 2. The number of fused-ring (bicyclic) bond motifs is 1. The molecule has 7 nitrogen and oxygen atoms in total. The quantitative estimate of drug-likeness (QED) is 0.631. The van der Waals surface area contributed by atoms with Crippen LogP contribution < -0.4 is 10.1 Å². The van der Waals surface area contributed by atoms with Gasteiger partial charge >= 0.3 is 0 Å². The summed E-state index contributed by atoms with van der Waals surface area (Å²) in [6.45, 7) is 8.09. The van der Waals surface area contributed by atoms with Gasteiger partial charge in [-0.2, -0.15) is 0 Å². The molecule has 1 aliphatic heterocycles. The molecule has 1 heterocycles. The molecule has 0 fully saturated rings. The first-order valence-corrected chi connectivity index (χ1v) is 12.5. The zero-order valence-corrected chi connectivity index (χ0v) is 21.9. The fraction of sp³-hybridized carbons (Fsp3) is 0.500. The number of halogens is 1. The fourth-order valence-corrected chi connectivity index (χ4v) is 4.47. The Morgan fingerprint density at radius 3 is 2.67 bits per heavy atom. The van der Waals surface area contributed by atoms with Crippen LogP contribution in [0.5, 0.6) is 5.75 Å². The number of likely N-dealkylation sites (N-methyl/N-ethyl adjacent to an activating group) is 1. The highest BCUT2D eigenvalue weighted by Crippen LogP contribution is 2.27. The molecule has 2 aromatic carbocycles. The maximum atomic E-state index is 13.8. The molecule has 196 valence electrons. The van der Waals surface area contributed by atoms with Crippen molar-refractivity contribution in [2.75, 3.05) is 39.2 Å². The molecule has 0 spiro atoms. The summed E-state index contributed by atoms with van der Waals surface area (Å²) >= 11 is 0. The van der Waals surface area contributed by atoms with E-state index in [1.807, 2.05) is 13.0 Å². The number of carbonyl (C=O) groups excluding carboxylic acids is 2. The molecule has 3 atom stereocenters. The third kappa shape index (κ3) is 7.27. The number of ether oxygens (including phenoxy) is 2. The summed E-state index contributed by atoms with van der Waals surface area (Å²) in [6, 6.07) is 11.8. The number of hydrogen-bond donors (Lipinski definition) is 1. The van der Waals surface area contributed by atoms with Gasteiger partial charge in [0.2, 0.25) is 5.91 Å². The molecule has 2 amide bonds. The Hall–Kier alpha value is -2.97. The van der Waals surface area contributed by atoms with E-state index in [1.54, 1.807) is 49.4 Å². The van der Waals surface area contributed by atoms with E-state index in [1.165, 1.54) is 6.07 Å². The van der Waals surface area contributed by atoms with E-state index in [0.29, 0.717) is 49.7 Å². The Bertz CT molecular complexity index is 1050. The van der Waals surface area contributed by atoms with Crippen molar-refractivity contribution < 1.29 is 23.5 Å². The molecule has 0 aromatic heterocycles. The smallest absolute Gasteiger partial charge is 0.257 e. The Labute approximate surface area is 213 Å². The molecule has 0 aliphatic carbocycles. The van der Waals surface area contributed by atoms with Crippen LogP contribution in [0.2, 0.25) is 0 Å². The standard InChI is InChI=1S/C28H38FN3O4/c1-6-8-27(33)30-23-11-12-25-24(14-23)28(34)31(4)17-26(35-5)19(2)15-32(20(3)18-36-25)16-21-9-7-10-22(29)13-21/h7,9-14,19-20,26H,6,8,15-18H2,1-5H3,(H,30,33)/t19-,20+,26-/m1/s1.